The first kappa shape index (κ1) is 23.9. The predicted molar refractivity (Wildman–Crippen MR) is 131 cm³/mol. The summed E-state index contributed by atoms with van der Waals surface area (Å²) >= 11 is 7.42. The molecule has 0 spiro atoms. The van der Waals surface area contributed by atoms with Gasteiger partial charge in [-0.1, -0.05) is 77.3 Å². The zero-order chi connectivity index (χ0) is 22.8. The van der Waals surface area contributed by atoms with Crippen LogP contribution in [0.15, 0.2) is 24.3 Å². The number of nitrogens with zero attached hydrogens (tertiary/aromatic N) is 1. The molecule has 6 atom stereocenters. The highest BCUT2D eigenvalue weighted by Crippen LogP contribution is 2.60. The molecule has 1 aromatic carbocycles. The van der Waals surface area contributed by atoms with Crippen molar-refractivity contribution in [3.63, 3.8) is 0 Å². The second-order valence-corrected chi connectivity index (χ2v) is 11.5. The smallest absolute Gasteiger partial charge is 0.311 e. The van der Waals surface area contributed by atoms with Crippen LogP contribution in [-0.2, 0) is 14.4 Å². The Bertz CT molecular complexity index is 826. The molecule has 2 aliphatic carbocycles. The number of amides is 2. The highest BCUT2D eigenvalue weighted by molar-refractivity contribution is 9.12. The maximum absolute atomic E-state index is 13.1. The van der Waals surface area contributed by atoms with Crippen LogP contribution in [0.3, 0.4) is 0 Å². The minimum absolute atomic E-state index is 0.0972. The molecule has 0 aromatic heterocycles. The third kappa shape index (κ3) is 4.56. The molecule has 1 aromatic rings. The molecule has 7 heteroatoms. The molecule has 0 radical (unpaired) electrons. The molecule has 2 bridgehead atoms. The predicted octanol–water partition coefficient (Wildman–Crippen LogP) is 6.02. The van der Waals surface area contributed by atoms with E-state index in [0.717, 1.165) is 25.7 Å². The number of rotatable bonds is 10. The Morgan fingerprint density at radius 3 is 2.00 bits per heavy atom. The second kappa shape index (κ2) is 10.4. The van der Waals surface area contributed by atoms with Gasteiger partial charge < -0.3 is 4.74 Å². The van der Waals surface area contributed by atoms with Crippen LogP contribution < -0.4 is 9.64 Å². The van der Waals surface area contributed by atoms with E-state index in [9.17, 15) is 14.4 Å². The van der Waals surface area contributed by atoms with E-state index < -0.39 is 0 Å². The van der Waals surface area contributed by atoms with Crippen molar-refractivity contribution in [1.82, 2.24) is 0 Å². The Labute approximate surface area is 206 Å². The quantitative estimate of drug-likeness (QED) is 0.114. The summed E-state index contributed by atoms with van der Waals surface area (Å²) in [4.78, 5) is 40.1. The van der Waals surface area contributed by atoms with Crippen LogP contribution in [0.25, 0.3) is 0 Å². The monoisotopic (exact) mass is 567 g/mol. The van der Waals surface area contributed by atoms with Gasteiger partial charge in [0.25, 0.3) is 0 Å². The van der Waals surface area contributed by atoms with E-state index in [-0.39, 0.29) is 51.1 Å². The topological polar surface area (TPSA) is 63.7 Å². The number of unbranched alkanes of at least 4 members (excludes halogenated alkanes) is 6. The summed E-state index contributed by atoms with van der Waals surface area (Å²) in [5, 5.41) is 0. The van der Waals surface area contributed by atoms with Gasteiger partial charge in [-0.15, -0.1) is 0 Å². The van der Waals surface area contributed by atoms with Gasteiger partial charge >= 0.3 is 5.97 Å². The Morgan fingerprint density at radius 1 is 0.906 bits per heavy atom. The number of anilines is 1. The average molecular weight is 569 g/mol. The summed E-state index contributed by atoms with van der Waals surface area (Å²) in [6, 6.07) is 6.74. The molecular formula is C25H31Br2NO4. The number of hydrogen-bond donors (Lipinski definition) is 0. The van der Waals surface area contributed by atoms with Crippen molar-refractivity contribution in [2.45, 2.75) is 74.4 Å². The minimum atomic E-state index is -0.238. The van der Waals surface area contributed by atoms with Gasteiger partial charge in [0, 0.05) is 16.1 Å². The SMILES string of the molecule is CCCCCCCCCC(=O)Oc1ccc(N2C(=O)C3C4CC(C(Br)C4Br)C3C2=O)cc1. The zero-order valence-corrected chi connectivity index (χ0v) is 21.6. The summed E-state index contributed by atoms with van der Waals surface area (Å²) in [6.45, 7) is 2.20. The highest BCUT2D eigenvalue weighted by Gasteiger charge is 2.66. The number of alkyl halides is 2. The largest absolute Gasteiger partial charge is 0.427 e. The third-order valence-electron chi connectivity index (χ3n) is 7.30. The van der Waals surface area contributed by atoms with Crippen LogP contribution in [0.4, 0.5) is 5.69 Å². The van der Waals surface area contributed by atoms with Crippen molar-refractivity contribution in [2.24, 2.45) is 23.7 Å². The molecule has 1 aliphatic heterocycles. The highest BCUT2D eigenvalue weighted by atomic mass is 79.9. The third-order valence-corrected chi connectivity index (χ3v) is 10.5. The normalized spacial score (nSPS) is 30.8. The van der Waals surface area contributed by atoms with Crippen LogP contribution in [0.1, 0.15) is 64.7 Å². The van der Waals surface area contributed by atoms with Gasteiger partial charge in [-0.25, -0.2) is 0 Å². The molecule has 2 saturated carbocycles. The van der Waals surface area contributed by atoms with Crippen LogP contribution in [0.5, 0.6) is 5.75 Å². The van der Waals surface area contributed by atoms with Crippen molar-refractivity contribution in [1.29, 1.82) is 0 Å². The molecule has 3 fully saturated rings. The molecule has 2 amide bonds. The fraction of sp³-hybridized carbons (Fsp3) is 0.640. The summed E-state index contributed by atoms with van der Waals surface area (Å²) in [7, 11) is 0. The van der Waals surface area contributed by atoms with E-state index in [1.54, 1.807) is 24.3 Å². The summed E-state index contributed by atoms with van der Waals surface area (Å²) in [5.41, 5.74) is 0.554. The second-order valence-electron chi connectivity index (χ2n) is 9.36. The van der Waals surface area contributed by atoms with Gasteiger partial charge in [0.2, 0.25) is 11.8 Å². The lowest BCUT2D eigenvalue weighted by Gasteiger charge is -2.28. The van der Waals surface area contributed by atoms with Crippen LogP contribution in [0, 0.1) is 23.7 Å². The molecule has 1 saturated heterocycles. The van der Waals surface area contributed by atoms with Gasteiger partial charge in [0.1, 0.15) is 5.75 Å². The first-order valence-corrected chi connectivity index (χ1v) is 13.7. The Hall–Kier alpha value is -1.21. The van der Waals surface area contributed by atoms with E-state index in [1.165, 1.54) is 30.6 Å². The molecule has 0 N–H and O–H groups in total. The van der Waals surface area contributed by atoms with Crippen LogP contribution in [0.2, 0.25) is 0 Å². The molecule has 32 heavy (non-hydrogen) atoms. The van der Waals surface area contributed by atoms with Gasteiger partial charge in [-0.05, 0) is 48.9 Å². The van der Waals surface area contributed by atoms with E-state index >= 15 is 0 Å². The van der Waals surface area contributed by atoms with Gasteiger partial charge in [-0.2, -0.15) is 0 Å². The molecule has 6 unspecified atom stereocenters. The standard InChI is InChI=1S/C25H31Br2NO4/c1-2-3-4-5-6-7-8-9-19(29)32-16-12-10-15(11-13-16)28-24(30)20-17-14-18(21(20)25(28)31)23(27)22(17)26/h10-13,17-18,20-23H,2-9,14H2,1H3. The van der Waals surface area contributed by atoms with Crippen molar-refractivity contribution >= 4 is 55.3 Å². The average Bonchev–Trinajstić information content (AvgIpc) is 3.39. The van der Waals surface area contributed by atoms with Crippen LogP contribution >= 0.6 is 31.9 Å². The summed E-state index contributed by atoms with van der Waals surface area (Å²) in [6.07, 6.45) is 9.40. The number of carbonyl (C=O) groups excluding carboxylic acids is 3. The number of hydrogen-bond acceptors (Lipinski definition) is 4. The van der Waals surface area contributed by atoms with E-state index in [0.29, 0.717) is 17.9 Å². The van der Waals surface area contributed by atoms with E-state index in [4.69, 9.17) is 4.74 Å². The van der Waals surface area contributed by atoms with Crippen molar-refractivity contribution < 1.29 is 19.1 Å². The number of esters is 1. The molecule has 4 rings (SSSR count). The van der Waals surface area contributed by atoms with Crippen LogP contribution in [-0.4, -0.2) is 27.4 Å². The van der Waals surface area contributed by atoms with E-state index in [1.807, 2.05) is 0 Å². The molecule has 174 valence electrons. The fourth-order valence-electron chi connectivity index (χ4n) is 5.68. The first-order valence-electron chi connectivity index (χ1n) is 11.9. The molecular weight excluding hydrogens is 538 g/mol. The summed E-state index contributed by atoms with van der Waals surface area (Å²) < 4.78 is 5.44. The Balaban J connectivity index is 1.29. The van der Waals surface area contributed by atoms with Gasteiger partial charge in [-0.3, -0.25) is 19.3 Å². The van der Waals surface area contributed by atoms with Crippen molar-refractivity contribution in [2.75, 3.05) is 4.90 Å². The van der Waals surface area contributed by atoms with Gasteiger partial charge in [0.05, 0.1) is 17.5 Å². The maximum Gasteiger partial charge on any atom is 0.311 e. The first-order chi connectivity index (χ1) is 15.4. The lowest BCUT2D eigenvalue weighted by atomic mass is 9.81. The van der Waals surface area contributed by atoms with E-state index in [2.05, 4.69) is 38.8 Å². The minimum Gasteiger partial charge on any atom is -0.427 e. The van der Waals surface area contributed by atoms with Crippen molar-refractivity contribution in [3.8, 4) is 5.75 Å². The number of ether oxygens (including phenoxy) is 1. The number of imide groups is 1. The molecule has 5 nitrogen and oxygen atoms in total. The fourth-order valence-corrected chi connectivity index (χ4v) is 7.55. The number of halogens is 2. The lowest BCUT2D eigenvalue weighted by Crippen LogP contribution is -2.37. The Kier molecular flexibility index (Phi) is 7.76. The van der Waals surface area contributed by atoms with Crippen molar-refractivity contribution in [3.05, 3.63) is 24.3 Å². The lowest BCUT2D eigenvalue weighted by molar-refractivity contribution is -0.134. The molecule has 3 aliphatic rings. The number of carbonyl (C=O) groups is 3. The zero-order valence-electron chi connectivity index (χ0n) is 18.5. The summed E-state index contributed by atoms with van der Waals surface area (Å²) in [5.74, 6) is -0.0553. The Morgan fingerprint density at radius 2 is 1.44 bits per heavy atom. The molecule has 1 heterocycles. The van der Waals surface area contributed by atoms with Gasteiger partial charge in [0.15, 0.2) is 0 Å². The maximum atomic E-state index is 13.1. The number of fused-ring (bicyclic) bond motifs is 5. The number of benzene rings is 1.